The Labute approximate surface area is 153 Å². The highest BCUT2D eigenvalue weighted by molar-refractivity contribution is 8.00. The van der Waals surface area contributed by atoms with Crippen LogP contribution in [0.15, 0.2) is 53.1 Å². The normalized spacial score (nSPS) is 12.0. The summed E-state index contributed by atoms with van der Waals surface area (Å²) in [6, 6.07) is 11.1. The molecule has 0 saturated carbocycles. The lowest BCUT2D eigenvalue weighted by Crippen LogP contribution is -2.42. The van der Waals surface area contributed by atoms with E-state index < -0.39 is 6.04 Å². The van der Waals surface area contributed by atoms with Gasteiger partial charge >= 0.3 is 0 Å². The Morgan fingerprint density at radius 3 is 2.76 bits per heavy atom. The minimum Gasteiger partial charge on any atom is -0.345 e. The maximum atomic E-state index is 12.3. The number of ketones is 1. The first-order chi connectivity index (χ1) is 12.1. The van der Waals surface area contributed by atoms with Crippen LogP contribution < -0.4 is 5.32 Å². The molecule has 5 nitrogen and oxygen atoms in total. The van der Waals surface area contributed by atoms with Crippen molar-refractivity contribution < 1.29 is 9.59 Å². The van der Waals surface area contributed by atoms with E-state index in [-0.39, 0.29) is 17.4 Å². The Hall–Kier alpha value is -2.25. The van der Waals surface area contributed by atoms with Crippen LogP contribution in [0, 0.1) is 0 Å². The monoisotopic (exact) mass is 371 g/mol. The molecule has 0 radical (unpaired) electrons. The van der Waals surface area contributed by atoms with Crippen LogP contribution in [0.5, 0.6) is 0 Å². The molecule has 0 fully saturated rings. The van der Waals surface area contributed by atoms with Gasteiger partial charge in [-0.2, -0.15) is 0 Å². The van der Waals surface area contributed by atoms with Crippen molar-refractivity contribution in [1.82, 2.24) is 15.3 Å². The fourth-order valence-electron chi connectivity index (χ4n) is 2.39. The molecular weight excluding hydrogens is 354 g/mol. The number of aromatic nitrogens is 2. The lowest BCUT2D eigenvalue weighted by molar-refractivity contribution is -0.125. The predicted octanol–water partition coefficient (Wildman–Crippen LogP) is 3.10. The Balaban J connectivity index is 1.60. The zero-order valence-corrected chi connectivity index (χ0v) is 15.3. The van der Waals surface area contributed by atoms with Gasteiger partial charge in [-0.25, -0.2) is 9.97 Å². The summed E-state index contributed by atoms with van der Waals surface area (Å²) in [5.41, 5.74) is 1.90. The topological polar surface area (TPSA) is 72.0 Å². The number of hydrogen-bond acceptors (Lipinski definition) is 6. The highest BCUT2D eigenvalue weighted by atomic mass is 32.2. The zero-order chi connectivity index (χ0) is 17.6. The highest BCUT2D eigenvalue weighted by Gasteiger charge is 2.18. The van der Waals surface area contributed by atoms with E-state index in [1.54, 1.807) is 11.3 Å². The van der Waals surface area contributed by atoms with Gasteiger partial charge in [-0.1, -0.05) is 42.1 Å². The Kier molecular flexibility index (Phi) is 5.78. The van der Waals surface area contributed by atoms with Crippen molar-refractivity contribution in [2.75, 3.05) is 5.75 Å². The molecule has 1 atom stereocenters. The van der Waals surface area contributed by atoms with Crippen molar-refractivity contribution in [2.24, 2.45) is 0 Å². The molecule has 1 aromatic carbocycles. The van der Waals surface area contributed by atoms with Crippen molar-refractivity contribution in [3.8, 4) is 0 Å². The summed E-state index contributed by atoms with van der Waals surface area (Å²) in [5, 5.41) is 5.57. The van der Waals surface area contributed by atoms with Crippen LogP contribution >= 0.6 is 23.1 Å². The Morgan fingerprint density at radius 2 is 2.00 bits per heavy atom. The van der Waals surface area contributed by atoms with Gasteiger partial charge in [0.1, 0.15) is 11.4 Å². The second-order valence-electron chi connectivity index (χ2n) is 5.52. The molecule has 2 aromatic heterocycles. The number of thioether (sulfide) groups is 1. The van der Waals surface area contributed by atoms with Crippen LogP contribution in [-0.2, 0) is 16.0 Å². The van der Waals surface area contributed by atoms with Gasteiger partial charge in [0.25, 0.3) is 0 Å². The van der Waals surface area contributed by atoms with E-state index in [0.29, 0.717) is 6.42 Å². The standard InChI is InChI=1S/C18H17N3O2S2/c1-12(22)15(9-13-5-3-2-4-6-13)21-16(23)10-25-18-17-14(7-8-24-17)19-11-20-18/h2-8,11,15H,9-10H2,1H3,(H,21,23). The number of benzene rings is 1. The van der Waals surface area contributed by atoms with Crippen LogP contribution in [0.4, 0.5) is 0 Å². The molecule has 0 aliphatic carbocycles. The largest absolute Gasteiger partial charge is 0.345 e. The van der Waals surface area contributed by atoms with Crippen molar-refractivity contribution in [2.45, 2.75) is 24.4 Å². The van der Waals surface area contributed by atoms with Crippen LogP contribution in [0.25, 0.3) is 10.2 Å². The van der Waals surface area contributed by atoms with E-state index in [1.807, 2.05) is 41.8 Å². The fraction of sp³-hybridized carbons (Fsp3) is 0.222. The number of nitrogens with one attached hydrogen (secondary N) is 1. The van der Waals surface area contributed by atoms with E-state index in [2.05, 4.69) is 15.3 Å². The molecule has 0 spiro atoms. The SMILES string of the molecule is CC(=O)C(Cc1ccccc1)NC(=O)CSc1ncnc2ccsc12. The molecule has 25 heavy (non-hydrogen) atoms. The van der Waals surface area contributed by atoms with E-state index in [0.717, 1.165) is 20.8 Å². The van der Waals surface area contributed by atoms with Gasteiger partial charge in [-0.05, 0) is 30.4 Å². The van der Waals surface area contributed by atoms with Crippen LogP contribution in [0.3, 0.4) is 0 Å². The predicted molar refractivity (Wildman–Crippen MR) is 101 cm³/mol. The van der Waals surface area contributed by atoms with Crippen molar-refractivity contribution in [1.29, 1.82) is 0 Å². The van der Waals surface area contributed by atoms with Crippen molar-refractivity contribution in [3.05, 3.63) is 53.7 Å². The average Bonchev–Trinajstić information content (AvgIpc) is 3.09. The van der Waals surface area contributed by atoms with Gasteiger partial charge in [0.2, 0.25) is 5.91 Å². The summed E-state index contributed by atoms with van der Waals surface area (Å²) in [4.78, 5) is 32.6. The van der Waals surface area contributed by atoms with Crippen LogP contribution in [0.1, 0.15) is 12.5 Å². The summed E-state index contributed by atoms with van der Waals surface area (Å²) >= 11 is 2.91. The number of rotatable bonds is 7. The molecule has 0 saturated heterocycles. The van der Waals surface area contributed by atoms with Gasteiger partial charge in [0.15, 0.2) is 5.78 Å². The summed E-state index contributed by atoms with van der Waals surface area (Å²) in [7, 11) is 0. The molecule has 3 rings (SSSR count). The molecule has 1 N–H and O–H groups in total. The van der Waals surface area contributed by atoms with Gasteiger partial charge in [0, 0.05) is 0 Å². The van der Waals surface area contributed by atoms with Gasteiger partial charge < -0.3 is 5.32 Å². The van der Waals surface area contributed by atoms with Crippen molar-refractivity contribution >= 4 is 45.0 Å². The van der Waals surface area contributed by atoms with E-state index in [1.165, 1.54) is 25.0 Å². The third-order valence-electron chi connectivity index (χ3n) is 3.66. The number of amides is 1. The summed E-state index contributed by atoms with van der Waals surface area (Å²) in [5.74, 6) is -0.0166. The highest BCUT2D eigenvalue weighted by Crippen LogP contribution is 2.28. The summed E-state index contributed by atoms with van der Waals surface area (Å²) in [6.45, 7) is 1.50. The van der Waals surface area contributed by atoms with Crippen LogP contribution in [-0.4, -0.2) is 33.5 Å². The number of hydrogen-bond donors (Lipinski definition) is 1. The second-order valence-corrected chi connectivity index (χ2v) is 7.40. The Morgan fingerprint density at radius 1 is 1.20 bits per heavy atom. The number of nitrogens with zero attached hydrogens (tertiary/aromatic N) is 2. The maximum Gasteiger partial charge on any atom is 0.231 e. The van der Waals surface area contributed by atoms with Gasteiger partial charge in [-0.3, -0.25) is 9.59 Å². The van der Waals surface area contributed by atoms with E-state index >= 15 is 0 Å². The fourth-order valence-corrected chi connectivity index (χ4v) is 4.14. The zero-order valence-electron chi connectivity index (χ0n) is 13.6. The first-order valence-electron chi connectivity index (χ1n) is 7.78. The summed E-state index contributed by atoms with van der Waals surface area (Å²) in [6.07, 6.45) is 2.00. The molecule has 7 heteroatoms. The minimum absolute atomic E-state index is 0.0510. The minimum atomic E-state index is -0.511. The smallest absolute Gasteiger partial charge is 0.231 e. The molecular formula is C18H17N3O2S2. The third kappa shape index (κ3) is 4.64. The molecule has 0 bridgehead atoms. The molecule has 1 amide bonds. The van der Waals surface area contributed by atoms with Crippen molar-refractivity contribution in [3.63, 3.8) is 0 Å². The molecule has 1 unspecified atom stereocenters. The molecule has 2 heterocycles. The molecule has 0 aliphatic rings. The first kappa shape index (κ1) is 17.6. The second kappa shape index (κ2) is 8.22. The number of Topliss-reactive ketones (excluding diaryl/α,β-unsaturated/α-hetero) is 1. The first-order valence-corrected chi connectivity index (χ1v) is 9.65. The van der Waals surface area contributed by atoms with E-state index in [9.17, 15) is 9.59 Å². The molecule has 0 aliphatic heterocycles. The number of thiophene rings is 1. The van der Waals surface area contributed by atoms with Gasteiger partial charge in [-0.15, -0.1) is 11.3 Å². The van der Waals surface area contributed by atoms with Gasteiger partial charge in [0.05, 0.1) is 22.0 Å². The molecule has 128 valence electrons. The third-order valence-corrected chi connectivity index (χ3v) is 5.69. The maximum absolute atomic E-state index is 12.3. The quantitative estimate of drug-likeness (QED) is 0.510. The average molecular weight is 371 g/mol. The number of carbonyl (C=O) groups is 2. The number of carbonyl (C=O) groups excluding carboxylic acids is 2. The lowest BCUT2D eigenvalue weighted by Gasteiger charge is -2.16. The summed E-state index contributed by atoms with van der Waals surface area (Å²) < 4.78 is 0.979. The molecule has 3 aromatic rings. The Bertz CT molecular complexity index is 880. The van der Waals surface area contributed by atoms with Crippen LogP contribution in [0.2, 0.25) is 0 Å². The lowest BCUT2D eigenvalue weighted by atomic mass is 10.0. The number of fused-ring (bicyclic) bond motifs is 1. The van der Waals surface area contributed by atoms with E-state index in [4.69, 9.17) is 0 Å².